The maximum atomic E-state index is 14.2. The number of halogens is 2. The Kier molecular flexibility index (Phi) is 5.88. The first-order chi connectivity index (χ1) is 14.5. The van der Waals surface area contributed by atoms with Gasteiger partial charge in [-0.25, -0.2) is 4.39 Å². The molecule has 2 aromatic carbocycles. The number of benzene rings is 2. The van der Waals surface area contributed by atoms with Crippen LogP contribution >= 0.6 is 11.6 Å². The monoisotopic (exact) mass is 428 g/mol. The molecule has 7 heteroatoms. The van der Waals surface area contributed by atoms with Gasteiger partial charge in [0.05, 0.1) is 12.1 Å². The van der Waals surface area contributed by atoms with Gasteiger partial charge in [0.2, 0.25) is 0 Å². The highest BCUT2D eigenvalue weighted by Crippen LogP contribution is 2.35. The molecule has 2 aliphatic rings. The molecule has 0 saturated carbocycles. The third kappa shape index (κ3) is 3.85. The standard InChI is InChI=1S/C23H22ClFN2O3/c24-18-9-7-16(8-10-18)20-21(26-11-3-4-15(12-26)14-28)23(30)27(22(20)29)13-17-5-1-2-6-19(17)25/h1-2,5-10,15,28H,3-4,11-14H2. The van der Waals surface area contributed by atoms with Gasteiger partial charge in [0.25, 0.3) is 11.8 Å². The van der Waals surface area contributed by atoms with E-state index in [0.717, 1.165) is 17.7 Å². The third-order valence-electron chi connectivity index (χ3n) is 5.66. The van der Waals surface area contributed by atoms with Crippen molar-refractivity contribution in [3.63, 3.8) is 0 Å². The van der Waals surface area contributed by atoms with Gasteiger partial charge in [0, 0.05) is 30.3 Å². The first-order valence-corrected chi connectivity index (χ1v) is 10.3. The predicted octanol–water partition coefficient (Wildman–Crippen LogP) is 3.46. The zero-order valence-corrected chi connectivity index (χ0v) is 17.1. The van der Waals surface area contributed by atoms with Crippen LogP contribution < -0.4 is 0 Å². The van der Waals surface area contributed by atoms with Gasteiger partial charge in [-0.1, -0.05) is 41.9 Å². The summed E-state index contributed by atoms with van der Waals surface area (Å²) in [6, 6.07) is 12.9. The van der Waals surface area contributed by atoms with Gasteiger partial charge in [0.1, 0.15) is 11.5 Å². The van der Waals surface area contributed by atoms with Crippen molar-refractivity contribution in [1.82, 2.24) is 9.80 Å². The fraction of sp³-hybridized carbons (Fsp3) is 0.304. The number of aliphatic hydroxyl groups is 1. The smallest absolute Gasteiger partial charge is 0.278 e. The lowest BCUT2D eigenvalue weighted by Crippen LogP contribution is -2.40. The molecule has 2 heterocycles. The summed E-state index contributed by atoms with van der Waals surface area (Å²) in [6.45, 7) is 1.01. The average Bonchev–Trinajstić information content (AvgIpc) is 3.00. The van der Waals surface area contributed by atoms with Crippen LogP contribution in [-0.4, -0.2) is 46.4 Å². The molecule has 2 aliphatic heterocycles. The van der Waals surface area contributed by atoms with E-state index in [9.17, 15) is 19.1 Å². The number of aliphatic hydroxyl groups excluding tert-OH is 1. The molecule has 1 saturated heterocycles. The third-order valence-corrected chi connectivity index (χ3v) is 5.91. The zero-order valence-electron chi connectivity index (χ0n) is 16.4. The van der Waals surface area contributed by atoms with E-state index >= 15 is 0 Å². The number of hydrogen-bond acceptors (Lipinski definition) is 4. The summed E-state index contributed by atoms with van der Waals surface area (Å²) in [4.78, 5) is 29.7. The summed E-state index contributed by atoms with van der Waals surface area (Å²) >= 11 is 6.00. The number of carbonyl (C=O) groups is 2. The molecule has 1 unspecified atom stereocenters. The Morgan fingerprint density at radius 2 is 1.80 bits per heavy atom. The van der Waals surface area contributed by atoms with Crippen molar-refractivity contribution in [2.45, 2.75) is 19.4 Å². The summed E-state index contributed by atoms with van der Waals surface area (Å²) in [5, 5.41) is 10.1. The Bertz CT molecular complexity index is 1010. The number of carbonyl (C=O) groups excluding carboxylic acids is 2. The van der Waals surface area contributed by atoms with Gasteiger partial charge in [-0.05, 0) is 42.5 Å². The second-order valence-corrected chi connectivity index (χ2v) is 8.09. The second-order valence-electron chi connectivity index (χ2n) is 7.66. The molecule has 30 heavy (non-hydrogen) atoms. The predicted molar refractivity (Wildman–Crippen MR) is 112 cm³/mol. The minimum absolute atomic E-state index is 0.0289. The number of hydrogen-bond donors (Lipinski definition) is 1. The van der Waals surface area contributed by atoms with Crippen molar-refractivity contribution in [3.8, 4) is 0 Å². The van der Waals surface area contributed by atoms with Crippen LogP contribution in [-0.2, 0) is 16.1 Å². The van der Waals surface area contributed by atoms with Crippen molar-refractivity contribution >= 4 is 29.0 Å². The van der Waals surface area contributed by atoms with E-state index in [2.05, 4.69) is 0 Å². The number of nitrogens with zero attached hydrogens (tertiary/aromatic N) is 2. The highest BCUT2D eigenvalue weighted by Gasteiger charge is 2.42. The molecule has 1 fully saturated rings. The summed E-state index contributed by atoms with van der Waals surface area (Å²) in [7, 11) is 0. The Balaban J connectivity index is 1.74. The van der Waals surface area contributed by atoms with E-state index in [1.807, 2.05) is 4.90 Å². The molecule has 0 aliphatic carbocycles. The molecule has 0 aromatic heterocycles. The van der Waals surface area contributed by atoms with E-state index in [1.165, 1.54) is 6.07 Å². The van der Waals surface area contributed by atoms with E-state index in [-0.39, 0.29) is 24.6 Å². The number of rotatable bonds is 5. The zero-order chi connectivity index (χ0) is 21.3. The largest absolute Gasteiger partial charge is 0.396 e. The van der Waals surface area contributed by atoms with Crippen LogP contribution in [0.3, 0.4) is 0 Å². The molecule has 5 nitrogen and oxygen atoms in total. The number of amides is 2. The van der Waals surface area contributed by atoms with Crippen molar-refractivity contribution < 1.29 is 19.1 Å². The molecule has 0 spiro atoms. The lowest BCUT2D eigenvalue weighted by molar-refractivity contribution is -0.138. The average molecular weight is 429 g/mol. The summed E-state index contributed by atoms with van der Waals surface area (Å²) in [6.07, 6.45) is 1.69. The van der Waals surface area contributed by atoms with Crippen LogP contribution in [0.2, 0.25) is 5.02 Å². The molecule has 2 amide bonds. The second kappa shape index (κ2) is 8.58. The first-order valence-electron chi connectivity index (χ1n) is 9.95. The van der Waals surface area contributed by atoms with Gasteiger partial charge in [-0.2, -0.15) is 0 Å². The lowest BCUT2D eigenvalue weighted by atomic mass is 9.97. The maximum absolute atomic E-state index is 14.2. The molecular formula is C23H22ClFN2O3. The number of likely N-dealkylation sites (tertiary alicyclic amines) is 1. The summed E-state index contributed by atoms with van der Waals surface area (Å²) in [5.41, 5.74) is 1.49. The number of piperidine rings is 1. The molecule has 0 bridgehead atoms. The molecule has 156 valence electrons. The highest BCUT2D eigenvalue weighted by atomic mass is 35.5. The van der Waals surface area contributed by atoms with Crippen molar-refractivity contribution in [1.29, 1.82) is 0 Å². The van der Waals surface area contributed by atoms with Crippen molar-refractivity contribution in [2.75, 3.05) is 19.7 Å². The van der Waals surface area contributed by atoms with Gasteiger partial charge in [-0.15, -0.1) is 0 Å². The molecule has 4 rings (SSSR count). The van der Waals surface area contributed by atoms with E-state index < -0.39 is 17.6 Å². The van der Waals surface area contributed by atoms with Gasteiger partial charge in [-0.3, -0.25) is 14.5 Å². The first kappa shape index (κ1) is 20.6. The van der Waals surface area contributed by atoms with Crippen LogP contribution in [0.4, 0.5) is 4.39 Å². The Hall–Kier alpha value is -2.70. The van der Waals surface area contributed by atoms with Gasteiger partial charge >= 0.3 is 0 Å². The molecule has 1 N–H and O–H groups in total. The number of imide groups is 1. The summed E-state index contributed by atoms with van der Waals surface area (Å²) in [5.74, 6) is -1.31. The molecular weight excluding hydrogens is 407 g/mol. The topological polar surface area (TPSA) is 60.9 Å². The van der Waals surface area contributed by atoms with Crippen LogP contribution in [0.5, 0.6) is 0 Å². The Labute approximate surface area is 179 Å². The van der Waals surface area contributed by atoms with Crippen molar-refractivity contribution in [3.05, 3.63) is 76.2 Å². The normalized spacial score (nSPS) is 19.8. The SMILES string of the molecule is O=C1C(c2ccc(Cl)cc2)=C(N2CCCC(CO)C2)C(=O)N1Cc1ccccc1F. The van der Waals surface area contributed by atoms with Crippen molar-refractivity contribution in [2.24, 2.45) is 5.92 Å². The fourth-order valence-corrected chi connectivity index (χ4v) is 4.22. The van der Waals surface area contributed by atoms with E-state index in [1.54, 1.807) is 42.5 Å². The quantitative estimate of drug-likeness (QED) is 0.741. The Morgan fingerprint density at radius 3 is 2.50 bits per heavy atom. The molecule has 0 radical (unpaired) electrons. The molecule has 1 atom stereocenters. The minimum Gasteiger partial charge on any atom is -0.396 e. The van der Waals surface area contributed by atoms with Crippen LogP contribution in [0.25, 0.3) is 5.57 Å². The Morgan fingerprint density at radius 1 is 1.07 bits per heavy atom. The van der Waals surface area contributed by atoms with Gasteiger partial charge in [0.15, 0.2) is 0 Å². The fourth-order valence-electron chi connectivity index (χ4n) is 4.09. The van der Waals surface area contributed by atoms with E-state index in [0.29, 0.717) is 34.9 Å². The highest BCUT2D eigenvalue weighted by molar-refractivity contribution is 6.35. The maximum Gasteiger partial charge on any atom is 0.278 e. The lowest BCUT2D eigenvalue weighted by Gasteiger charge is -2.34. The van der Waals surface area contributed by atoms with Crippen LogP contribution in [0, 0.1) is 11.7 Å². The van der Waals surface area contributed by atoms with Crippen LogP contribution in [0.15, 0.2) is 54.2 Å². The van der Waals surface area contributed by atoms with Crippen LogP contribution in [0.1, 0.15) is 24.0 Å². The summed E-state index contributed by atoms with van der Waals surface area (Å²) < 4.78 is 14.2. The minimum atomic E-state index is -0.460. The van der Waals surface area contributed by atoms with Gasteiger partial charge < -0.3 is 10.0 Å². The van der Waals surface area contributed by atoms with E-state index in [4.69, 9.17) is 11.6 Å². The molecule has 2 aromatic rings.